The third-order valence-corrected chi connectivity index (χ3v) is 8.03. The molecule has 4 aliphatic heterocycles. The Morgan fingerprint density at radius 3 is 2.96 bits per heavy atom. The SMILES string of the molecule is C1=CC2CC3=CC4CCC(N4)C4CCC5CC(=Cc6ccc([nH]6)C1=C2N3)NC54. The summed E-state index contributed by atoms with van der Waals surface area (Å²) in [7, 11) is 0. The highest BCUT2D eigenvalue weighted by molar-refractivity contribution is 5.80. The monoisotopic (exact) mass is 372 g/mol. The lowest BCUT2D eigenvalue weighted by Gasteiger charge is -2.26. The zero-order valence-electron chi connectivity index (χ0n) is 16.2. The van der Waals surface area contributed by atoms with E-state index in [1.165, 1.54) is 66.2 Å². The van der Waals surface area contributed by atoms with E-state index in [0.717, 1.165) is 18.3 Å². The highest BCUT2D eigenvalue weighted by Crippen LogP contribution is 2.44. The maximum atomic E-state index is 4.00. The molecule has 6 atom stereocenters. The average Bonchev–Trinajstić information content (AvgIpc) is 3.44. The largest absolute Gasteiger partial charge is 0.385 e. The van der Waals surface area contributed by atoms with Gasteiger partial charge in [0.2, 0.25) is 0 Å². The Balaban J connectivity index is 1.32. The standard InChI is InChI=1S/C24H28N4/c1-5-19-21-7-3-16(25-21)12-18-10-14-2-6-20(24(14)28-18)22-8-4-15(26-22)11-17-9-13(1)23(19)27-17/h1,3,5,7,11-15,20,22,24-28H,2,4,6,8-10H2. The van der Waals surface area contributed by atoms with Crippen molar-refractivity contribution >= 4 is 11.6 Å². The topological polar surface area (TPSA) is 51.9 Å². The van der Waals surface area contributed by atoms with Crippen molar-refractivity contribution in [2.24, 2.45) is 17.8 Å². The molecule has 4 heteroatoms. The number of aromatic nitrogens is 1. The molecule has 144 valence electrons. The number of nitrogens with one attached hydrogen (secondary N) is 4. The summed E-state index contributed by atoms with van der Waals surface area (Å²) in [5.74, 6) is 2.12. The van der Waals surface area contributed by atoms with Crippen LogP contribution in [-0.4, -0.2) is 23.1 Å². The maximum Gasteiger partial charge on any atom is 0.0476 e. The Labute approximate surface area is 166 Å². The summed E-state index contributed by atoms with van der Waals surface area (Å²) in [5, 5.41) is 11.7. The molecule has 28 heavy (non-hydrogen) atoms. The molecular formula is C24H28N4. The van der Waals surface area contributed by atoms with Gasteiger partial charge in [0.25, 0.3) is 0 Å². The van der Waals surface area contributed by atoms with Crippen LogP contribution in [-0.2, 0) is 0 Å². The zero-order chi connectivity index (χ0) is 18.2. The summed E-state index contributed by atoms with van der Waals surface area (Å²) >= 11 is 0. The Kier molecular flexibility index (Phi) is 3.17. The molecule has 2 aliphatic carbocycles. The van der Waals surface area contributed by atoms with Gasteiger partial charge in [-0.15, -0.1) is 0 Å². The number of H-pyrrole nitrogens is 1. The van der Waals surface area contributed by atoms with Gasteiger partial charge in [0.15, 0.2) is 0 Å². The summed E-state index contributed by atoms with van der Waals surface area (Å²) in [6, 6.07) is 6.34. The molecule has 6 aliphatic rings. The van der Waals surface area contributed by atoms with Gasteiger partial charge in [0.1, 0.15) is 0 Å². The molecule has 0 amide bonds. The second-order valence-electron chi connectivity index (χ2n) is 9.64. The van der Waals surface area contributed by atoms with Crippen molar-refractivity contribution < 1.29 is 0 Å². The highest BCUT2D eigenvalue weighted by atomic mass is 15.1. The predicted octanol–water partition coefficient (Wildman–Crippen LogP) is 3.65. The molecule has 1 saturated carbocycles. The molecule has 0 radical (unpaired) electrons. The lowest BCUT2D eigenvalue weighted by atomic mass is 9.91. The molecule has 4 N–H and O–H groups in total. The van der Waals surface area contributed by atoms with Gasteiger partial charge in [0.05, 0.1) is 0 Å². The Morgan fingerprint density at radius 1 is 0.964 bits per heavy atom. The van der Waals surface area contributed by atoms with Crippen molar-refractivity contribution in [2.45, 2.75) is 56.7 Å². The van der Waals surface area contributed by atoms with Crippen molar-refractivity contribution in [3.05, 3.63) is 58.8 Å². The van der Waals surface area contributed by atoms with E-state index in [9.17, 15) is 0 Å². The van der Waals surface area contributed by atoms with Crippen LogP contribution in [0.15, 0.2) is 47.5 Å². The number of hydrogen-bond donors (Lipinski definition) is 4. The van der Waals surface area contributed by atoms with Crippen molar-refractivity contribution in [1.82, 2.24) is 20.9 Å². The Hall–Kier alpha value is -2.20. The van der Waals surface area contributed by atoms with E-state index in [1.54, 1.807) is 0 Å². The van der Waals surface area contributed by atoms with Gasteiger partial charge in [-0.25, -0.2) is 0 Å². The summed E-state index contributed by atoms with van der Waals surface area (Å²) < 4.78 is 0. The second-order valence-corrected chi connectivity index (χ2v) is 9.64. The van der Waals surface area contributed by atoms with Gasteiger partial charge in [0, 0.05) is 58.1 Å². The van der Waals surface area contributed by atoms with E-state index in [1.807, 2.05) is 0 Å². The zero-order valence-corrected chi connectivity index (χ0v) is 16.2. The van der Waals surface area contributed by atoms with Crippen LogP contribution < -0.4 is 16.0 Å². The number of rotatable bonds is 0. The number of fused-ring (bicyclic) bond motifs is 8. The van der Waals surface area contributed by atoms with Crippen molar-refractivity contribution in [2.75, 3.05) is 0 Å². The number of aromatic amines is 1. The van der Waals surface area contributed by atoms with Crippen molar-refractivity contribution in [3.63, 3.8) is 0 Å². The van der Waals surface area contributed by atoms with E-state index in [-0.39, 0.29) is 0 Å². The minimum absolute atomic E-state index is 0.521. The van der Waals surface area contributed by atoms with E-state index in [4.69, 9.17) is 0 Å². The van der Waals surface area contributed by atoms with Crippen LogP contribution in [0.5, 0.6) is 0 Å². The molecule has 1 aromatic heterocycles. The van der Waals surface area contributed by atoms with Crippen molar-refractivity contribution in [3.8, 4) is 0 Å². The molecule has 7 rings (SSSR count). The van der Waals surface area contributed by atoms with Crippen LogP contribution in [0.4, 0.5) is 0 Å². The van der Waals surface area contributed by atoms with Crippen LogP contribution >= 0.6 is 0 Å². The van der Waals surface area contributed by atoms with E-state index < -0.39 is 0 Å². The summed E-state index contributed by atoms with van der Waals surface area (Å²) in [6.07, 6.45) is 17.2. The summed E-state index contributed by atoms with van der Waals surface area (Å²) in [4.78, 5) is 3.66. The smallest absolute Gasteiger partial charge is 0.0476 e. The molecule has 8 bridgehead atoms. The quantitative estimate of drug-likeness (QED) is 0.562. The first kappa shape index (κ1) is 15.7. The number of allylic oxidation sites excluding steroid dienone is 5. The van der Waals surface area contributed by atoms with E-state index >= 15 is 0 Å². The third-order valence-electron chi connectivity index (χ3n) is 8.03. The first-order chi connectivity index (χ1) is 13.8. The summed E-state index contributed by atoms with van der Waals surface area (Å²) in [6.45, 7) is 0. The van der Waals surface area contributed by atoms with Crippen LogP contribution in [0.2, 0.25) is 0 Å². The predicted molar refractivity (Wildman–Crippen MR) is 112 cm³/mol. The van der Waals surface area contributed by atoms with Crippen LogP contribution in [0, 0.1) is 17.8 Å². The lowest BCUT2D eigenvalue weighted by Crippen LogP contribution is -2.42. The fourth-order valence-electron chi connectivity index (χ4n) is 6.76. The van der Waals surface area contributed by atoms with Gasteiger partial charge < -0.3 is 20.9 Å². The Morgan fingerprint density at radius 2 is 1.96 bits per heavy atom. The highest BCUT2D eigenvalue weighted by Gasteiger charge is 2.45. The maximum absolute atomic E-state index is 4.00. The van der Waals surface area contributed by atoms with E-state index in [0.29, 0.717) is 24.0 Å². The minimum atomic E-state index is 0.521. The van der Waals surface area contributed by atoms with E-state index in [2.05, 4.69) is 57.4 Å². The van der Waals surface area contributed by atoms with Gasteiger partial charge in [-0.3, -0.25) is 0 Å². The van der Waals surface area contributed by atoms with Crippen LogP contribution in [0.1, 0.15) is 49.9 Å². The normalized spacial score (nSPS) is 39.9. The van der Waals surface area contributed by atoms with Crippen LogP contribution in [0.3, 0.4) is 0 Å². The fourth-order valence-corrected chi connectivity index (χ4v) is 6.76. The third kappa shape index (κ3) is 2.27. The fraction of sp³-hybridized carbons (Fsp3) is 0.500. The molecule has 0 spiro atoms. The molecular weight excluding hydrogens is 344 g/mol. The molecule has 5 heterocycles. The first-order valence-electron chi connectivity index (χ1n) is 11.1. The van der Waals surface area contributed by atoms with Gasteiger partial charge in [-0.2, -0.15) is 0 Å². The average molecular weight is 373 g/mol. The second kappa shape index (κ2) is 5.66. The number of hydrogen-bond acceptors (Lipinski definition) is 3. The van der Waals surface area contributed by atoms with Crippen LogP contribution in [0.25, 0.3) is 11.6 Å². The summed E-state index contributed by atoms with van der Waals surface area (Å²) in [5.41, 5.74) is 8.00. The molecule has 4 nitrogen and oxygen atoms in total. The van der Waals surface area contributed by atoms with Crippen molar-refractivity contribution in [1.29, 1.82) is 0 Å². The van der Waals surface area contributed by atoms with Gasteiger partial charge in [-0.05, 0) is 74.6 Å². The van der Waals surface area contributed by atoms with Gasteiger partial charge >= 0.3 is 0 Å². The molecule has 4 fully saturated rings. The lowest BCUT2D eigenvalue weighted by molar-refractivity contribution is 0.326. The molecule has 6 unspecified atom stereocenters. The molecule has 1 aromatic rings. The first-order valence-corrected chi connectivity index (χ1v) is 11.1. The Bertz CT molecular complexity index is 961. The van der Waals surface area contributed by atoms with Gasteiger partial charge in [-0.1, -0.05) is 12.2 Å². The molecule has 3 saturated heterocycles. The molecule has 0 aromatic carbocycles. The minimum Gasteiger partial charge on any atom is -0.385 e.